The minimum absolute atomic E-state index is 0.287. The highest BCUT2D eigenvalue weighted by molar-refractivity contribution is 5.94. The third-order valence-corrected chi connectivity index (χ3v) is 3.51. The maximum Gasteiger partial charge on any atom is 0.320 e. The number of ether oxygens (including phenoxy) is 2. The van der Waals surface area contributed by atoms with Crippen molar-refractivity contribution in [3.05, 3.63) is 11.1 Å². The molecule has 0 unspecified atom stereocenters. The molecule has 0 aromatic heterocycles. The number of hydrogen-bond acceptors (Lipinski definition) is 4. The zero-order valence-corrected chi connectivity index (χ0v) is 12.2. The van der Waals surface area contributed by atoms with Gasteiger partial charge in [0.25, 0.3) is 0 Å². The Morgan fingerprint density at radius 3 is 2.00 bits per heavy atom. The van der Waals surface area contributed by atoms with E-state index in [0.29, 0.717) is 6.42 Å². The largest absolute Gasteiger partial charge is 0.465 e. The van der Waals surface area contributed by atoms with Crippen molar-refractivity contribution in [3.8, 4) is 0 Å². The fourth-order valence-electron chi connectivity index (χ4n) is 2.14. The first-order valence-corrected chi connectivity index (χ1v) is 7.10. The SMILES string of the molecule is CCOC(=O)C(CCC(C)=C1CCC1)C(=O)OCC. The van der Waals surface area contributed by atoms with E-state index in [4.69, 9.17) is 9.47 Å². The summed E-state index contributed by atoms with van der Waals surface area (Å²) in [6.07, 6.45) is 4.82. The van der Waals surface area contributed by atoms with Gasteiger partial charge >= 0.3 is 11.9 Å². The van der Waals surface area contributed by atoms with Crippen LogP contribution in [0.3, 0.4) is 0 Å². The summed E-state index contributed by atoms with van der Waals surface area (Å²) in [5, 5.41) is 0. The Morgan fingerprint density at radius 2 is 1.63 bits per heavy atom. The molecule has 108 valence electrons. The molecule has 1 rings (SSSR count). The van der Waals surface area contributed by atoms with E-state index in [1.54, 1.807) is 13.8 Å². The molecule has 0 aromatic carbocycles. The summed E-state index contributed by atoms with van der Waals surface area (Å²) in [4.78, 5) is 23.6. The molecule has 0 spiro atoms. The Labute approximate surface area is 115 Å². The topological polar surface area (TPSA) is 52.6 Å². The fourth-order valence-corrected chi connectivity index (χ4v) is 2.14. The van der Waals surface area contributed by atoms with Gasteiger partial charge in [-0.05, 0) is 52.9 Å². The standard InChI is InChI=1S/C15H24O4/c1-4-18-14(16)13(15(17)19-5-2)10-9-11(3)12-7-6-8-12/h13H,4-10H2,1-3H3. The normalized spacial score (nSPS) is 14.0. The van der Waals surface area contributed by atoms with E-state index in [0.717, 1.165) is 19.3 Å². The summed E-state index contributed by atoms with van der Waals surface area (Å²) in [6.45, 7) is 6.13. The molecule has 4 nitrogen and oxygen atoms in total. The number of allylic oxidation sites excluding steroid dienone is 2. The van der Waals surface area contributed by atoms with Crippen LogP contribution in [0.5, 0.6) is 0 Å². The number of hydrogen-bond donors (Lipinski definition) is 0. The molecule has 4 heteroatoms. The zero-order chi connectivity index (χ0) is 14.3. The molecule has 0 aromatic rings. The van der Waals surface area contributed by atoms with Gasteiger partial charge in [-0.2, -0.15) is 0 Å². The van der Waals surface area contributed by atoms with Crippen molar-refractivity contribution in [1.82, 2.24) is 0 Å². The molecule has 0 saturated heterocycles. The molecule has 0 heterocycles. The molecule has 1 fully saturated rings. The summed E-state index contributed by atoms with van der Waals surface area (Å²) in [6, 6.07) is 0. The first-order chi connectivity index (χ1) is 9.10. The molecule has 0 radical (unpaired) electrons. The van der Waals surface area contributed by atoms with Gasteiger partial charge in [-0.1, -0.05) is 11.1 Å². The van der Waals surface area contributed by atoms with Crippen molar-refractivity contribution in [2.75, 3.05) is 13.2 Å². The summed E-state index contributed by atoms with van der Waals surface area (Å²) in [5.41, 5.74) is 2.79. The lowest BCUT2D eigenvalue weighted by Gasteiger charge is -2.21. The van der Waals surface area contributed by atoms with Gasteiger partial charge in [-0.25, -0.2) is 0 Å². The van der Waals surface area contributed by atoms with Crippen LogP contribution in [0.4, 0.5) is 0 Å². The highest BCUT2D eigenvalue weighted by Crippen LogP contribution is 2.31. The van der Waals surface area contributed by atoms with Gasteiger partial charge in [-0.15, -0.1) is 0 Å². The maximum atomic E-state index is 11.8. The van der Waals surface area contributed by atoms with Crippen LogP contribution in [0, 0.1) is 5.92 Å². The van der Waals surface area contributed by atoms with E-state index < -0.39 is 17.9 Å². The van der Waals surface area contributed by atoms with Crippen LogP contribution in [0.1, 0.15) is 52.9 Å². The molecule has 1 aliphatic rings. The van der Waals surface area contributed by atoms with Crippen molar-refractivity contribution >= 4 is 11.9 Å². The molecule has 1 aliphatic carbocycles. The van der Waals surface area contributed by atoms with Crippen molar-refractivity contribution in [3.63, 3.8) is 0 Å². The highest BCUT2D eigenvalue weighted by atomic mass is 16.6. The number of rotatable bonds is 7. The van der Waals surface area contributed by atoms with E-state index in [2.05, 4.69) is 6.92 Å². The van der Waals surface area contributed by atoms with Crippen molar-refractivity contribution in [1.29, 1.82) is 0 Å². The smallest absolute Gasteiger partial charge is 0.320 e. The van der Waals surface area contributed by atoms with E-state index in [-0.39, 0.29) is 13.2 Å². The van der Waals surface area contributed by atoms with Crippen LogP contribution in [-0.4, -0.2) is 25.2 Å². The van der Waals surface area contributed by atoms with Crippen LogP contribution in [0.25, 0.3) is 0 Å². The van der Waals surface area contributed by atoms with Crippen LogP contribution in [-0.2, 0) is 19.1 Å². The Morgan fingerprint density at radius 1 is 1.11 bits per heavy atom. The third kappa shape index (κ3) is 4.69. The van der Waals surface area contributed by atoms with Crippen LogP contribution >= 0.6 is 0 Å². The maximum absolute atomic E-state index is 11.8. The second-order valence-electron chi connectivity index (χ2n) is 4.83. The van der Waals surface area contributed by atoms with Gasteiger partial charge in [0.2, 0.25) is 0 Å². The van der Waals surface area contributed by atoms with Crippen molar-refractivity contribution in [2.45, 2.75) is 52.9 Å². The van der Waals surface area contributed by atoms with Gasteiger partial charge in [0, 0.05) is 0 Å². The lowest BCUT2D eigenvalue weighted by molar-refractivity contribution is -0.161. The van der Waals surface area contributed by atoms with E-state index >= 15 is 0 Å². The van der Waals surface area contributed by atoms with Gasteiger partial charge in [-0.3, -0.25) is 9.59 Å². The summed E-state index contributed by atoms with van der Waals surface area (Å²) >= 11 is 0. The molecule has 0 amide bonds. The van der Waals surface area contributed by atoms with E-state index in [1.165, 1.54) is 17.6 Å². The minimum Gasteiger partial charge on any atom is -0.465 e. The predicted octanol–water partition coefficient (Wildman–Crippen LogP) is 3.01. The van der Waals surface area contributed by atoms with Gasteiger partial charge in [0.15, 0.2) is 5.92 Å². The van der Waals surface area contributed by atoms with E-state index in [9.17, 15) is 9.59 Å². The molecule has 0 aliphatic heterocycles. The van der Waals surface area contributed by atoms with Gasteiger partial charge in [0.05, 0.1) is 13.2 Å². The quantitative estimate of drug-likeness (QED) is 0.404. The van der Waals surface area contributed by atoms with Gasteiger partial charge in [0.1, 0.15) is 0 Å². The van der Waals surface area contributed by atoms with Crippen molar-refractivity contribution < 1.29 is 19.1 Å². The predicted molar refractivity (Wildman–Crippen MR) is 72.5 cm³/mol. The average molecular weight is 268 g/mol. The molecular weight excluding hydrogens is 244 g/mol. The zero-order valence-electron chi connectivity index (χ0n) is 12.2. The average Bonchev–Trinajstić information content (AvgIpc) is 2.27. The van der Waals surface area contributed by atoms with E-state index in [1.807, 2.05) is 0 Å². The summed E-state index contributed by atoms with van der Waals surface area (Å²) < 4.78 is 9.90. The molecular formula is C15H24O4. The Bertz CT molecular complexity index is 333. The Kier molecular flexibility index (Phi) is 6.60. The van der Waals surface area contributed by atoms with Crippen LogP contribution in [0.15, 0.2) is 11.1 Å². The molecule has 0 atom stereocenters. The third-order valence-electron chi connectivity index (χ3n) is 3.51. The first-order valence-electron chi connectivity index (χ1n) is 7.10. The first kappa shape index (κ1) is 15.7. The fraction of sp³-hybridized carbons (Fsp3) is 0.733. The Hall–Kier alpha value is -1.32. The Balaban J connectivity index is 2.57. The van der Waals surface area contributed by atoms with Crippen molar-refractivity contribution in [2.24, 2.45) is 5.92 Å². The molecule has 19 heavy (non-hydrogen) atoms. The second-order valence-corrected chi connectivity index (χ2v) is 4.83. The highest BCUT2D eigenvalue weighted by Gasteiger charge is 2.29. The lowest BCUT2D eigenvalue weighted by Crippen LogP contribution is -2.28. The molecule has 0 N–H and O–H groups in total. The molecule has 0 bridgehead atoms. The number of esters is 2. The van der Waals surface area contributed by atoms with Crippen LogP contribution in [0.2, 0.25) is 0 Å². The number of carbonyl (C=O) groups is 2. The molecule has 1 saturated carbocycles. The summed E-state index contributed by atoms with van der Waals surface area (Å²) in [7, 11) is 0. The lowest BCUT2D eigenvalue weighted by atomic mass is 9.86. The number of carbonyl (C=O) groups excluding carboxylic acids is 2. The monoisotopic (exact) mass is 268 g/mol. The minimum atomic E-state index is -0.782. The van der Waals surface area contributed by atoms with Gasteiger partial charge < -0.3 is 9.47 Å². The summed E-state index contributed by atoms with van der Waals surface area (Å²) in [5.74, 6) is -1.71. The second kappa shape index (κ2) is 7.97. The van der Waals surface area contributed by atoms with Crippen LogP contribution < -0.4 is 0 Å².